The highest BCUT2D eigenvalue weighted by Crippen LogP contribution is 2.42. The molecule has 16 atom stereocenters. The number of H-pyrrole nitrogens is 2. The van der Waals surface area contributed by atoms with Gasteiger partial charge in [0.15, 0.2) is 72.2 Å². The van der Waals surface area contributed by atoms with Crippen molar-refractivity contribution in [2.75, 3.05) is 69.8 Å². The number of anilines is 3. The number of nitrogens with zero attached hydrogens (tertiary/aromatic N) is 10. The van der Waals surface area contributed by atoms with Crippen LogP contribution in [0.5, 0.6) is 0 Å². The Labute approximate surface area is 449 Å². The number of aromatic amines is 2. The highest BCUT2D eigenvalue weighted by Gasteiger charge is 2.58. The second kappa shape index (κ2) is 24.2. The smallest absolute Gasteiger partial charge is 0.351 e. The zero-order valence-electron chi connectivity index (χ0n) is 42.0. The quantitative estimate of drug-likeness (QED) is 0.0506. The van der Waals surface area contributed by atoms with Gasteiger partial charge in [-0.2, -0.15) is 9.97 Å². The number of halogens is 4. The molecule has 10 heterocycles. The molecule has 6 aromatic heterocycles. The first kappa shape index (κ1) is 61.6. The van der Waals surface area contributed by atoms with Crippen molar-refractivity contribution in [1.29, 1.82) is 0 Å². The Hall–Kier alpha value is -7.06. The lowest BCUT2D eigenvalue weighted by molar-refractivity contribution is -0.122. The average Bonchev–Trinajstić information content (AvgIpc) is 3.74. The van der Waals surface area contributed by atoms with Crippen LogP contribution in [0.15, 0.2) is 62.7 Å². The summed E-state index contributed by atoms with van der Waals surface area (Å²) in [5.74, 6) is -0.0251. The normalized spacial score (nSPS) is 33.4. The number of aliphatic hydroxyl groups is 8. The molecule has 4 aliphatic heterocycles. The highest BCUT2D eigenvalue weighted by molar-refractivity contribution is 5.81. The van der Waals surface area contributed by atoms with Gasteiger partial charge in [-0.05, 0) is 6.07 Å². The molecule has 39 heteroatoms. The van der Waals surface area contributed by atoms with Crippen molar-refractivity contribution in [3.8, 4) is 0 Å². The minimum Gasteiger partial charge on any atom is -0.393 e. The third-order valence-electron chi connectivity index (χ3n) is 14.0. The summed E-state index contributed by atoms with van der Waals surface area (Å²) in [6.07, 6.45) is -13.6. The summed E-state index contributed by atoms with van der Waals surface area (Å²) in [6.45, 7) is -3.76. The van der Waals surface area contributed by atoms with Gasteiger partial charge in [0.1, 0.15) is 64.5 Å². The first-order valence-corrected chi connectivity index (χ1v) is 23.9. The number of rotatable bonds is 12. The molecule has 6 aromatic rings. The number of nitrogens with two attached hydrogens (primary N) is 7. The number of hydrogen-bond donors (Lipinski definition) is 17. The summed E-state index contributed by atoms with van der Waals surface area (Å²) >= 11 is 0. The number of nitrogen functional groups attached to an aromatic ring is 3. The molecule has 0 bridgehead atoms. The van der Waals surface area contributed by atoms with Crippen LogP contribution in [0.2, 0.25) is 0 Å². The van der Waals surface area contributed by atoms with Crippen LogP contribution < -0.4 is 62.6 Å². The fourth-order valence-corrected chi connectivity index (χ4v) is 9.02. The Kier molecular flexibility index (Phi) is 18.4. The molecule has 4 saturated heterocycles. The molecule has 0 spiro atoms. The van der Waals surface area contributed by atoms with Crippen molar-refractivity contribution in [3.63, 3.8) is 0 Å². The number of imidazole rings is 2. The van der Waals surface area contributed by atoms with Gasteiger partial charge in [0.25, 0.3) is 11.1 Å². The number of ether oxygens (including phenoxy) is 4. The van der Waals surface area contributed by atoms with Crippen molar-refractivity contribution in [3.05, 3.63) is 85.2 Å². The standard InChI is InChI=1S/C11H15FN6O4.C11H15FN6O3.C10H15FN4O4.C10H14FN3O5/c12-4-6(20)11(1-13,2-19)22-9(4)18-3-15-5-7(18)16-10(14)17-8(5)21;12-5-7(20)11(1-13,2-19)21-10(5)18-4-17-6-8(14)15-3-16-9(6)18;11-6-7(17)10(3-12,4-16)19-8(6)15-2-1-5(13)14-9(15)18;11-6-7(17)10(3-12,4-15)19-8(6)14-2-1-5(16)13-9(14)18/h3-4,6,9,19-20H,1-2,13H2,(H3,14,16,17,21);3-5,7,10,19-20H,1-2,13H2,(H2,14,15,16);1-2,6-8,16-17H,3-4,12H2,(H2,13,14,18);1-2,6-8,15,17H,3-4,12H2,(H,13,16,18)/t4-,6+,9-,11-;5-,7+,10-,11-;2*6-,7+,8-,10-/m1111/s1. The monoisotopic (exact) mass is 1160 g/mol. The van der Waals surface area contributed by atoms with E-state index in [1.165, 1.54) is 29.5 Å². The molecule has 10 rings (SSSR count). The number of fused-ring (bicyclic) bond motifs is 2. The summed E-state index contributed by atoms with van der Waals surface area (Å²) in [4.78, 5) is 73.0. The molecule has 35 nitrogen and oxygen atoms in total. The van der Waals surface area contributed by atoms with Crippen molar-refractivity contribution in [2.24, 2.45) is 22.9 Å². The van der Waals surface area contributed by atoms with Gasteiger partial charge in [0, 0.05) is 44.6 Å². The largest absolute Gasteiger partial charge is 0.393 e. The van der Waals surface area contributed by atoms with E-state index in [2.05, 4.69) is 34.9 Å². The van der Waals surface area contributed by atoms with Gasteiger partial charge >= 0.3 is 11.4 Å². The Morgan fingerprint density at radius 3 is 1.35 bits per heavy atom. The molecule has 0 radical (unpaired) electrons. The van der Waals surface area contributed by atoms with Crippen molar-refractivity contribution < 1.29 is 77.4 Å². The predicted octanol–water partition coefficient (Wildman–Crippen LogP) is -8.86. The fraction of sp³-hybridized carbons (Fsp3) is 0.571. The van der Waals surface area contributed by atoms with E-state index in [-0.39, 0.29) is 60.6 Å². The Bertz CT molecular complexity index is 3370. The maximum atomic E-state index is 14.4. The van der Waals surface area contributed by atoms with Crippen LogP contribution in [-0.2, 0) is 18.9 Å². The van der Waals surface area contributed by atoms with Gasteiger partial charge in [0.05, 0.1) is 39.1 Å². The molecular weight excluding hydrogens is 1100 g/mol. The maximum absolute atomic E-state index is 14.4. The van der Waals surface area contributed by atoms with E-state index in [0.717, 1.165) is 32.3 Å². The first-order valence-electron chi connectivity index (χ1n) is 23.9. The molecule has 4 fully saturated rings. The Morgan fingerprint density at radius 2 is 0.938 bits per heavy atom. The molecule has 24 N–H and O–H groups in total. The second-order valence-electron chi connectivity index (χ2n) is 18.7. The summed E-state index contributed by atoms with van der Waals surface area (Å²) in [6, 6.07) is 2.32. The van der Waals surface area contributed by atoms with Crippen LogP contribution in [0, 0.1) is 0 Å². The van der Waals surface area contributed by atoms with Gasteiger partial charge < -0.3 is 99.9 Å². The van der Waals surface area contributed by atoms with Gasteiger partial charge in [0.2, 0.25) is 5.95 Å². The maximum Gasteiger partial charge on any atom is 0.351 e. The number of alkyl halides is 4. The van der Waals surface area contributed by atoms with Gasteiger partial charge in [-0.15, -0.1) is 0 Å². The summed E-state index contributed by atoms with van der Waals surface area (Å²) in [5.41, 5.74) is 29.4. The Balaban J connectivity index is 0.000000156. The van der Waals surface area contributed by atoms with E-state index >= 15 is 0 Å². The van der Waals surface area contributed by atoms with Crippen molar-refractivity contribution >= 4 is 39.9 Å². The number of aromatic nitrogens is 12. The van der Waals surface area contributed by atoms with E-state index in [1.807, 2.05) is 4.98 Å². The first-order chi connectivity index (χ1) is 38.4. The van der Waals surface area contributed by atoms with Gasteiger partial charge in [-0.25, -0.2) is 47.1 Å². The minimum atomic E-state index is -1.96. The SMILES string of the molecule is NC[C@]1(CO)O[C@@H](n2ccc(=O)[nH]c2=O)[C@H](F)[C@@H]1O.NC[C@]1(CO)O[C@@H](n2ccc(N)nc2=O)[C@H](F)[C@@H]1O.NC[C@]1(CO)O[C@@H](n2cnc3c(=O)[nH]c(N)nc32)[C@H](F)[C@@H]1O.NC[C@]1(CO)O[C@@H](n2cnc3c(N)ncnc32)[C@H](F)[C@@H]1O. The number of nitrogens with one attached hydrogen (secondary N) is 2. The third kappa shape index (κ3) is 11.0. The summed E-state index contributed by atoms with van der Waals surface area (Å²) in [5, 5.41) is 76.7. The van der Waals surface area contributed by atoms with Crippen LogP contribution in [0.4, 0.5) is 35.1 Å². The summed E-state index contributed by atoms with van der Waals surface area (Å²) < 4.78 is 82.4. The lowest BCUT2D eigenvalue weighted by Gasteiger charge is -2.27. The number of aliphatic hydroxyl groups excluding tert-OH is 8. The van der Waals surface area contributed by atoms with Crippen LogP contribution in [-0.4, -0.2) is 223 Å². The summed E-state index contributed by atoms with van der Waals surface area (Å²) in [7, 11) is 0. The zero-order valence-corrected chi connectivity index (χ0v) is 42.0. The Morgan fingerprint density at radius 1 is 0.531 bits per heavy atom. The van der Waals surface area contributed by atoms with Gasteiger partial charge in [-0.3, -0.25) is 37.8 Å². The average molecular weight is 1160 g/mol. The molecule has 0 aromatic carbocycles. The molecule has 0 unspecified atom stereocenters. The third-order valence-corrected chi connectivity index (χ3v) is 14.0. The van der Waals surface area contributed by atoms with Crippen LogP contribution in [0.1, 0.15) is 24.9 Å². The molecule has 0 amide bonds. The molecule has 4 aliphatic rings. The second-order valence-corrected chi connectivity index (χ2v) is 18.7. The van der Waals surface area contributed by atoms with Crippen LogP contribution >= 0.6 is 0 Å². The zero-order chi connectivity index (χ0) is 59.7. The van der Waals surface area contributed by atoms with E-state index in [0.29, 0.717) is 5.52 Å². The van der Waals surface area contributed by atoms with E-state index in [1.54, 1.807) is 0 Å². The lowest BCUT2D eigenvalue weighted by atomic mass is 9.97. The van der Waals surface area contributed by atoms with E-state index in [4.69, 9.17) is 59.1 Å². The molecular formula is C42H59F4N19O16. The highest BCUT2D eigenvalue weighted by atomic mass is 19.1. The molecule has 81 heavy (non-hydrogen) atoms. The number of hydrogen-bond acceptors (Lipinski definition) is 29. The van der Waals surface area contributed by atoms with Crippen LogP contribution in [0.3, 0.4) is 0 Å². The molecule has 0 saturated carbocycles. The topological polar surface area (TPSA) is 578 Å². The van der Waals surface area contributed by atoms with Crippen LogP contribution in [0.25, 0.3) is 22.3 Å². The minimum absolute atomic E-state index is 0.00635. The molecule has 446 valence electrons. The molecule has 0 aliphatic carbocycles. The fourth-order valence-electron chi connectivity index (χ4n) is 9.02. The predicted molar refractivity (Wildman–Crippen MR) is 266 cm³/mol. The van der Waals surface area contributed by atoms with Crippen molar-refractivity contribution in [1.82, 2.24) is 58.1 Å². The van der Waals surface area contributed by atoms with Crippen molar-refractivity contribution in [2.45, 2.75) is 96.4 Å². The lowest BCUT2D eigenvalue weighted by Crippen LogP contribution is -2.51. The van der Waals surface area contributed by atoms with E-state index < -0.39 is 145 Å². The van der Waals surface area contributed by atoms with E-state index in [9.17, 15) is 77.6 Å². The van der Waals surface area contributed by atoms with Gasteiger partial charge in [-0.1, -0.05) is 0 Å².